The first-order chi connectivity index (χ1) is 13.0. The van der Waals surface area contributed by atoms with Gasteiger partial charge in [-0.15, -0.1) is 0 Å². The molecule has 6 nitrogen and oxygen atoms in total. The van der Waals surface area contributed by atoms with Crippen molar-refractivity contribution in [2.75, 3.05) is 20.8 Å². The van der Waals surface area contributed by atoms with E-state index in [1.54, 1.807) is 14.2 Å². The second-order valence-corrected chi connectivity index (χ2v) is 6.49. The summed E-state index contributed by atoms with van der Waals surface area (Å²) in [6.45, 7) is 1.48. The van der Waals surface area contributed by atoms with Gasteiger partial charge >= 0.3 is 7.12 Å². The number of nitrogens with one attached hydrogen (secondary N) is 1. The molecule has 8 heteroatoms. The number of ether oxygens (including phenoxy) is 2. The van der Waals surface area contributed by atoms with Crippen molar-refractivity contribution in [2.24, 2.45) is 0 Å². The van der Waals surface area contributed by atoms with Gasteiger partial charge in [-0.05, 0) is 35.2 Å². The van der Waals surface area contributed by atoms with Crippen molar-refractivity contribution in [3.63, 3.8) is 0 Å². The van der Waals surface area contributed by atoms with Crippen LogP contribution in [0.15, 0.2) is 36.4 Å². The van der Waals surface area contributed by atoms with E-state index in [1.807, 2.05) is 12.1 Å². The molecule has 2 aromatic rings. The maximum Gasteiger partial charge on any atom is 0.489 e. The van der Waals surface area contributed by atoms with E-state index in [9.17, 15) is 4.79 Å². The molecule has 0 aromatic heterocycles. The van der Waals surface area contributed by atoms with Gasteiger partial charge in [-0.1, -0.05) is 35.9 Å². The van der Waals surface area contributed by atoms with Crippen molar-refractivity contribution in [1.29, 1.82) is 0 Å². The minimum atomic E-state index is -1.67. The summed E-state index contributed by atoms with van der Waals surface area (Å²) in [5.74, 6) is -0.274. The van der Waals surface area contributed by atoms with Gasteiger partial charge in [0.25, 0.3) is 5.91 Å². The number of hydrogen-bond acceptors (Lipinski definition) is 5. The number of benzene rings is 2. The number of methoxy groups -OCH3 is 2. The lowest BCUT2D eigenvalue weighted by Gasteiger charge is -2.12. The Morgan fingerprint density at radius 1 is 1.07 bits per heavy atom. The van der Waals surface area contributed by atoms with E-state index in [-0.39, 0.29) is 16.4 Å². The fraction of sp³-hybridized carbons (Fsp3) is 0.316. The first kappa shape index (κ1) is 21.4. The zero-order valence-corrected chi connectivity index (χ0v) is 16.1. The lowest BCUT2D eigenvalue weighted by molar-refractivity contribution is 0.0954. The van der Waals surface area contributed by atoms with Crippen molar-refractivity contribution < 1.29 is 24.3 Å². The van der Waals surface area contributed by atoms with E-state index in [2.05, 4.69) is 11.4 Å². The molecule has 0 fully saturated rings. The zero-order valence-electron chi connectivity index (χ0n) is 15.4. The van der Waals surface area contributed by atoms with Gasteiger partial charge in [-0.25, -0.2) is 0 Å². The topological polar surface area (TPSA) is 88.0 Å². The smallest absolute Gasteiger partial charge is 0.423 e. The molecular formula is C19H23BClNO5. The molecular weight excluding hydrogens is 368 g/mol. The van der Waals surface area contributed by atoms with Crippen LogP contribution in [0.25, 0.3) is 0 Å². The van der Waals surface area contributed by atoms with Crippen LogP contribution in [-0.4, -0.2) is 43.8 Å². The Labute approximate surface area is 164 Å². The Hall–Kier alpha value is -1.90. The molecule has 0 heterocycles. The minimum Gasteiger partial charge on any atom is -0.423 e. The lowest BCUT2D eigenvalue weighted by atomic mass is 9.80. The lowest BCUT2D eigenvalue weighted by Crippen LogP contribution is -2.32. The van der Waals surface area contributed by atoms with Gasteiger partial charge in [0.15, 0.2) is 0 Å². The van der Waals surface area contributed by atoms with E-state index in [1.165, 1.54) is 18.2 Å². The molecule has 27 heavy (non-hydrogen) atoms. The van der Waals surface area contributed by atoms with Crippen LogP contribution in [0.1, 0.15) is 27.0 Å². The third-order valence-corrected chi connectivity index (χ3v) is 4.44. The Balaban J connectivity index is 1.96. The van der Waals surface area contributed by atoms with Crippen LogP contribution in [0.3, 0.4) is 0 Å². The maximum absolute atomic E-state index is 12.2. The molecule has 0 saturated heterocycles. The van der Waals surface area contributed by atoms with Crippen LogP contribution in [0.4, 0.5) is 0 Å². The van der Waals surface area contributed by atoms with Crippen LogP contribution < -0.4 is 10.8 Å². The molecule has 0 saturated carbocycles. The Bertz CT molecular complexity index is 785. The number of hydrogen-bond donors (Lipinski definition) is 3. The molecule has 0 atom stereocenters. The van der Waals surface area contributed by atoms with Crippen LogP contribution in [0, 0.1) is 0 Å². The molecule has 0 aliphatic rings. The number of halogens is 1. The Morgan fingerprint density at radius 3 is 2.41 bits per heavy atom. The largest absolute Gasteiger partial charge is 0.489 e. The van der Waals surface area contributed by atoms with Crippen molar-refractivity contribution >= 4 is 30.1 Å². The minimum absolute atomic E-state index is 0.135. The highest BCUT2D eigenvalue weighted by molar-refractivity contribution is 6.62. The Morgan fingerprint density at radius 2 is 1.78 bits per heavy atom. The molecule has 0 aliphatic heterocycles. The average Bonchev–Trinajstić information content (AvgIpc) is 2.63. The van der Waals surface area contributed by atoms with Crippen molar-refractivity contribution in [3.8, 4) is 0 Å². The summed E-state index contributed by atoms with van der Waals surface area (Å²) in [5.41, 5.74) is 3.75. The molecule has 0 spiro atoms. The van der Waals surface area contributed by atoms with Crippen molar-refractivity contribution in [2.45, 2.75) is 19.6 Å². The second kappa shape index (κ2) is 10.4. The van der Waals surface area contributed by atoms with Gasteiger partial charge in [0.05, 0.1) is 13.2 Å². The second-order valence-electron chi connectivity index (χ2n) is 6.08. The third kappa shape index (κ3) is 6.05. The molecule has 2 aromatic carbocycles. The van der Waals surface area contributed by atoms with E-state index in [4.69, 9.17) is 31.1 Å². The summed E-state index contributed by atoms with van der Waals surface area (Å²) in [6.07, 6.45) is 0.664. The number of carbonyl (C=O) groups excluding carboxylic acids is 1. The highest BCUT2D eigenvalue weighted by Crippen LogP contribution is 2.15. The SMILES string of the molecule is COCc1ccc(CCNC(=O)c2ccc(B(O)O)c(Cl)c2)cc1COC. The molecule has 1 amide bonds. The number of rotatable bonds is 9. The van der Waals surface area contributed by atoms with Crippen molar-refractivity contribution in [3.05, 3.63) is 63.7 Å². The Kier molecular flexibility index (Phi) is 8.28. The van der Waals surface area contributed by atoms with Crippen molar-refractivity contribution in [1.82, 2.24) is 5.32 Å². The molecule has 0 bridgehead atoms. The molecule has 0 aliphatic carbocycles. The highest BCUT2D eigenvalue weighted by atomic mass is 35.5. The predicted molar refractivity (Wildman–Crippen MR) is 105 cm³/mol. The number of amides is 1. The summed E-state index contributed by atoms with van der Waals surface area (Å²) < 4.78 is 10.4. The first-order valence-corrected chi connectivity index (χ1v) is 8.86. The summed E-state index contributed by atoms with van der Waals surface area (Å²) in [5, 5.41) is 21.3. The fourth-order valence-electron chi connectivity index (χ4n) is 2.72. The molecule has 2 rings (SSSR count). The standard InChI is InChI=1S/C19H23BClNO5/c1-26-11-15-4-3-13(9-16(15)12-27-2)7-8-22-19(23)14-5-6-17(20(24)25)18(21)10-14/h3-6,9-10,24-25H,7-8,11-12H2,1-2H3,(H,22,23). The molecule has 144 valence electrons. The quantitative estimate of drug-likeness (QED) is 0.561. The first-order valence-electron chi connectivity index (χ1n) is 8.48. The predicted octanol–water partition coefficient (Wildman–Crippen LogP) is 1.29. The van der Waals surface area contributed by atoms with Gasteiger partial charge in [0.2, 0.25) is 0 Å². The highest BCUT2D eigenvalue weighted by Gasteiger charge is 2.17. The van der Waals surface area contributed by atoms with Gasteiger partial charge < -0.3 is 24.8 Å². The average molecular weight is 392 g/mol. The van der Waals surface area contributed by atoms with Gasteiger partial charge in [0, 0.05) is 36.8 Å². The molecule has 0 radical (unpaired) electrons. The molecule has 3 N–H and O–H groups in total. The summed E-state index contributed by atoms with van der Waals surface area (Å²) >= 11 is 5.96. The van der Waals surface area contributed by atoms with E-state index < -0.39 is 7.12 Å². The van der Waals surface area contributed by atoms with Crippen LogP contribution in [-0.2, 0) is 29.1 Å². The van der Waals surface area contributed by atoms with Crippen LogP contribution >= 0.6 is 11.6 Å². The van der Waals surface area contributed by atoms with Gasteiger partial charge in [-0.3, -0.25) is 4.79 Å². The van der Waals surface area contributed by atoms with E-state index in [0.29, 0.717) is 31.7 Å². The van der Waals surface area contributed by atoms with Gasteiger partial charge in [0.1, 0.15) is 0 Å². The van der Waals surface area contributed by atoms with Gasteiger partial charge in [-0.2, -0.15) is 0 Å². The fourth-order valence-corrected chi connectivity index (χ4v) is 3.00. The molecule has 0 unspecified atom stereocenters. The van der Waals surface area contributed by atoms with Crippen LogP contribution in [0.5, 0.6) is 0 Å². The monoisotopic (exact) mass is 391 g/mol. The van der Waals surface area contributed by atoms with E-state index in [0.717, 1.165) is 16.7 Å². The number of carbonyl (C=O) groups is 1. The normalized spacial score (nSPS) is 10.7. The zero-order chi connectivity index (χ0) is 19.8. The summed E-state index contributed by atoms with van der Waals surface area (Å²) in [4.78, 5) is 12.2. The summed E-state index contributed by atoms with van der Waals surface area (Å²) in [6, 6.07) is 10.4. The van der Waals surface area contributed by atoms with Crippen LogP contribution in [0.2, 0.25) is 5.02 Å². The maximum atomic E-state index is 12.2. The summed E-state index contributed by atoms with van der Waals surface area (Å²) in [7, 11) is 1.63. The van der Waals surface area contributed by atoms with E-state index >= 15 is 0 Å². The third-order valence-electron chi connectivity index (χ3n) is 4.11.